The van der Waals surface area contributed by atoms with E-state index in [0.29, 0.717) is 0 Å². The predicted octanol–water partition coefficient (Wildman–Crippen LogP) is 3.09. The van der Waals surface area contributed by atoms with Crippen LogP contribution < -0.4 is 10.6 Å². The van der Waals surface area contributed by atoms with E-state index in [-0.39, 0.29) is 23.9 Å². The van der Waals surface area contributed by atoms with Gasteiger partial charge in [0.15, 0.2) is 0 Å². The third-order valence-electron chi connectivity index (χ3n) is 5.04. The van der Waals surface area contributed by atoms with Crippen LogP contribution in [-0.2, 0) is 19.9 Å². The van der Waals surface area contributed by atoms with E-state index in [1.54, 1.807) is 6.07 Å². The maximum Gasteiger partial charge on any atom is 0.315 e. The summed E-state index contributed by atoms with van der Waals surface area (Å²) in [7, 11) is 1.92. The summed E-state index contributed by atoms with van der Waals surface area (Å²) in [6.45, 7) is 6.00. The number of carbonyl (C=O) groups excluding carboxylic acids is 1. The minimum absolute atomic E-state index is 0.0185. The Morgan fingerprint density at radius 1 is 1.44 bits per heavy atom. The molecule has 2 N–H and O–H groups in total. The number of aryl methyl sites for hydroxylation is 3. The number of fused-ring (bicyclic) bond motifs is 1. The zero-order valence-corrected chi connectivity index (χ0v) is 15.2. The van der Waals surface area contributed by atoms with Crippen LogP contribution in [0.15, 0.2) is 18.2 Å². The average molecular weight is 344 g/mol. The van der Waals surface area contributed by atoms with E-state index in [4.69, 9.17) is 0 Å². The Morgan fingerprint density at radius 3 is 2.88 bits per heavy atom. The van der Waals surface area contributed by atoms with Crippen LogP contribution in [0.5, 0.6) is 0 Å². The molecule has 0 unspecified atom stereocenters. The van der Waals surface area contributed by atoms with Crippen molar-refractivity contribution in [3.05, 3.63) is 52.1 Å². The molecule has 0 saturated heterocycles. The first-order chi connectivity index (χ1) is 11.8. The fourth-order valence-corrected chi connectivity index (χ4v) is 3.62. The number of amides is 2. The van der Waals surface area contributed by atoms with Gasteiger partial charge in [-0.15, -0.1) is 0 Å². The van der Waals surface area contributed by atoms with Gasteiger partial charge in [-0.1, -0.05) is 6.07 Å². The Balaban J connectivity index is 1.59. The highest BCUT2D eigenvalue weighted by atomic mass is 19.1. The Kier molecular flexibility index (Phi) is 4.79. The van der Waals surface area contributed by atoms with Crippen molar-refractivity contribution >= 4 is 6.03 Å². The van der Waals surface area contributed by atoms with Gasteiger partial charge in [-0.2, -0.15) is 5.10 Å². The first-order valence-corrected chi connectivity index (χ1v) is 8.69. The Bertz CT molecular complexity index is 799. The minimum Gasteiger partial charge on any atom is -0.335 e. The summed E-state index contributed by atoms with van der Waals surface area (Å²) in [5.41, 5.74) is 5.28. The van der Waals surface area contributed by atoms with Gasteiger partial charge in [0.05, 0.1) is 11.7 Å². The summed E-state index contributed by atoms with van der Waals surface area (Å²) in [4.78, 5) is 12.3. The molecule has 1 heterocycles. The number of aromatic nitrogens is 2. The minimum atomic E-state index is -0.260. The number of urea groups is 1. The maximum absolute atomic E-state index is 13.5. The molecule has 2 amide bonds. The van der Waals surface area contributed by atoms with Gasteiger partial charge in [-0.05, 0) is 68.9 Å². The van der Waals surface area contributed by atoms with Crippen LogP contribution >= 0.6 is 0 Å². The fourth-order valence-electron chi connectivity index (χ4n) is 3.62. The zero-order chi connectivity index (χ0) is 18.1. The Hall–Kier alpha value is -2.37. The highest BCUT2D eigenvalue weighted by molar-refractivity contribution is 5.75. The third kappa shape index (κ3) is 3.67. The first-order valence-electron chi connectivity index (χ1n) is 8.69. The number of carbonyl (C=O) groups is 1. The monoisotopic (exact) mass is 344 g/mol. The molecule has 1 aromatic carbocycles. The Labute approximate surface area is 147 Å². The van der Waals surface area contributed by atoms with E-state index in [0.717, 1.165) is 41.8 Å². The van der Waals surface area contributed by atoms with Gasteiger partial charge in [-0.3, -0.25) is 4.68 Å². The molecule has 0 saturated carbocycles. The molecule has 0 radical (unpaired) electrons. The topological polar surface area (TPSA) is 59.0 Å². The molecule has 5 nitrogen and oxygen atoms in total. The molecular formula is C19H25FN4O. The second-order valence-corrected chi connectivity index (χ2v) is 6.93. The maximum atomic E-state index is 13.5. The van der Waals surface area contributed by atoms with Gasteiger partial charge in [0, 0.05) is 18.8 Å². The van der Waals surface area contributed by atoms with E-state index in [2.05, 4.69) is 15.7 Å². The molecule has 3 rings (SSSR count). The van der Waals surface area contributed by atoms with Crippen molar-refractivity contribution < 1.29 is 9.18 Å². The second-order valence-electron chi connectivity index (χ2n) is 6.93. The lowest BCUT2D eigenvalue weighted by Gasteiger charge is -2.19. The van der Waals surface area contributed by atoms with Gasteiger partial charge in [0.2, 0.25) is 0 Å². The van der Waals surface area contributed by atoms with E-state index in [9.17, 15) is 9.18 Å². The molecule has 25 heavy (non-hydrogen) atoms. The molecule has 1 aromatic heterocycles. The first kappa shape index (κ1) is 17.5. The number of hydrogen-bond acceptors (Lipinski definition) is 2. The number of rotatable bonds is 4. The van der Waals surface area contributed by atoms with Crippen molar-refractivity contribution in [2.45, 2.75) is 52.1 Å². The lowest BCUT2D eigenvalue weighted by Crippen LogP contribution is -2.42. The molecule has 0 spiro atoms. The molecule has 134 valence electrons. The molecule has 0 bridgehead atoms. The SMILES string of the molecule is Cc1nn(C)c(C)c1C[C@@H](C)NC(=O)N[C@@H]1CCc2ccc(F)cc21. The molecule has 6 heteroatoms. The summed E-state index contributed by atoms with van der Waals surface area (Å²) in [5.74, 6) is -0.260. The van der Waals surface area contributed by atoms with Crippen LogP contribution in [0.4, 0.5) is 9.18 Å². The number of nitrogens with one attached hydrogen (secondary N) is 2. The number of benzene rings is 1. The predicted molar refractivity (Wildman–Crippen MR) is 95.0 cm³/mol. The van der Waals surface area contributed by atoms with Crippen LogP contribution in [0.1, 0.15) is 47.5 Å². The van der Waals surface area contributed by atoms with Gasteiger partial charge in [-0.25, -0.2) is 9.18 Å². The number of halogens is 1. The van der Waals surface area contributed by atoms with Crippen molar-refractivity contribution in [1.29, 1.82) is 0 Å². The normalized spacial score (nSPS) is 17.2. The quantitative estimate of drug-likeness (QED) is 0.895. The van der Waals surface area contributed by atoms with Crippen LogP contribution in [0.2, 0.25) is 0 Å². The van der Waals surface area contributed by atoms with Gasteiger partial charge in [0.25, 0.3) is 0 Å². The van der Waals surface area contributed by atoms with E-state index >= 15 is 0 Å². The summed E-state index contributed by atoms with van der Waals surface area (Å²) >= 11 is 0. The third-order valence-corrected chi connectivity index (χ3v) is 5.04. The van der Waals surface area contributed by atoms with Crippen LogP contribution in [-0.4, -0.2) is 21.9 Å². The van der Waals surface area contributed by atoms with Gasteiger partial charge in [0.1, 0.15) is 5.82 Å². The van der Waals surface area contributed by atoms with Crippen LogP contribution in [0.3, 0.4) is 0 Å². The molecule has 1 aliphatic carbocycles. The lowest BCUT2D eigenvalue weighted by atomic mass is 10.1. The Morgan fingerprint density at radius 2 is 2.20 bits per heavy atom. The largest absolute Gasteiger partial charge is 0.335 e. The molecule has 1 aliphatic rings. The fraction of sp³-hybridized carbons (Fsp3) is 0.474. The molecule has 2 aromatic rings. The van der Waals surface area contributed by atoms with E-state index in [1.807, 2.05) is 32.5 Å². The summed E-state index contributed by atoms with van der Waals surface area (Å²) in [5, 5.41) is 10.4. The van der Waals surface area contributed by atoms with Crippen molar-refractivity contribution in [3.8, 4) is 0 Å². The van der Waals surface area contributed by atoms with Crippen molar-refractivity contribution in [2.75, 3.05) is 0 Å². The van der Waals surface area contributed by atoms with E-state index in [1.165, 1.54) is 17.7 Å². The summed E-state index contributed by atoms with van der Waals surface area (Å²) in [6.07, 6.45) is 2.40. The zero-order valence-electron chi connectivity index (χ0n) is 15.2. The standard InChI is InChI=1S/C19H25FN4O/c1-11(9-16-12(2)23-24(4)13(16)3)21-19(25)22-18-8-6-14-5-7-15(20)10-17(14)18/h5,7,10-11,18H,6,8-9H2,1-4H3,(H2,21,22,25)/t11-,18-/m1/s1. The smallest absolute Gasteiger partial charge is 0.315 e. The van der Waals surface area contributed by atoms with Crippen molar-refractivity contribution in [1.82, 2.24) is 20.4 Å². The summed E-state index contributed by atoms with van der Waals surface area (Å²) in [6, 6.07) is 4.45. The number of nitrogens with zero attached hydrogens (tertiary/aromatic N) is 2. The summed E-state index contributed by atoms with van der Waals surface area (Å²) < 4.78 is 15.3. The molecule has 0 fully saturated rings. The molecule has 2 atom stereocenters. The van der Waals surface area contributed by atoms with Crippen LogP contribution in [0, 0.1) is 19.7 Å². The number of hydrogen-bond donors (Lipinski definition) is 2. The van der Waals surface area contributed by atoms with Crippen LogP contribution in [0.25, 0.3) is 0 Å². The lowest BCUT2D eigenvalue weighted by molar-refractivity contribution is 0.233. The van der Waals surface area contributed by atoms with Gasteiger partial charge >= 0.3 is 6.03 Å². The van der Waals surface area contributed by atoms with Crippen molar-refractivity contribution in [2.24, 2.45) is 7.05 Å². The van der Waals surface area contributed by atoms with Crippen molar-refractivity contribution in [3.63, 3.8) is 0 Å². The van der Waals surface area contributed by atoms with Gasteiger partial charge < -0.3 is 10.6 Å². The second kappa shape index (κ2) is 6.86. The highest BCUT2D eigenvalue weighted by Crippen LogP contribution is 2.31. The highest BCUT2D eigenvalue weighted by Gasteiger charge is 2.25. The van der Waals surface area contributed by atoms with E-state index < -0.39 is 0 Å². The average Bonchev–Trinajstić information content (AvgIpc) is 3.03. The molecule has 0 aliphatic heterocycles. The molecular weight excluding hydrogens is 319 g/mol.